The van der Waals surface area contributed by atoms with E-state index in [2.05, 4.69) is 0 Å². The molecule has 0 aliphatic rings. The summed E-state index contributed by atoms with van der Waals surface area (Å²) in [5, 5.41) is 1.33. The van der Waals surface area contributed by atoms with Crippen LogP contribution >= 0.6 is 0 Å². The van der Waals surface area contributed by atoms with Gasteiger partial charge in [-0.1, -0.05) is 43.8 Å². The molecule has 0 heterocycles. The standard InChI is InChI=1S/C10H8O3S.CH4.CH3.Na/c11-14(12,13)10-7-3-5-8-4-1-2-6-9(8)10;;;/h1-7H,(H,11,12,13);1H4;1H3;/q;;-1;+1. The largest absolute Gasteiger partial charge is 1.00 e. The summed E-state index contributed by atoms with van der Waals surface area (Å²) in [6.45, 7) is 0. The molecule has 2 rings (SSSR count). The van der Waals surface area contributed by atoms with Gasteiger partial charge >= 0.3 is 29.6 Å². The Kier molecular flexibility index (Phi) is 7.96. The summed E-state index contributed by atoms with van der Waals surface area (Å²) in [6, 6.07) is 11.8. The van der Waals surface area contributed by atoms with Crippen LogP contribution in [0.1, 0.15) is 7.43 Å². The first-order valence-corrected chi connectivity index (χ1v) is 5.48. The third-order valence-electron chi connectivity index (χ3n) is 2.03. The quantitative estimate of drug-likeness (QED) is 0.453. The fourth-order valence-corrected chi connectivity index (χ4v) is 2.13. The Bertz CT molecular complexity index is 574. The topological polar surface area (TPSA) is 54.4 Å². The van der Waals surface area contributed by atoms with Gasteiger partial charge in [-0.15, -0.1) is 0 Å². The summed E-state index contributed by atoms with van der Waals surface area (Å²) in [6.07, 6.45) is 0. The zero-order valence-electron chi connectivity index (χ0n) is 9.21. The molecule has 0 saturated carbocycles. The monoisotopic (exact) mass is 262 g/mol. The minimum Gasteiger partial charge on any atom is -0.358 e. The van der Waals surface area contributed by atoms with Crippen molar-refractivity contribution in [2.45, 2.75) is 12.3 Å². The van der Waals surface area contributed by atoms with Crippen molar-refractivity contribution in [3.8, 4) is 0 Å². The number of benzene rings is 2. The Morgan fingerprint density at radius 3 is 2.06 bits per heavy atom. The molecule has 0 fully saturated rings. The van der Waals surface area contributed by atoms with Gasteiger partial charge < -0.3 is 7.43 Å². The van der Waals surface area contributed by atoms with Gasteiger partial charge in [0, 0.05) is 5.39 Å². The SMILES string of the molecule is C.O=S(=O)(O)c1cccc2ccccc12.[CH3-].[Na+]. The number of rotatable bonds is 1. The van der Waals surface area contributed by atoms with Crippen LogP contribution in [0.4, 0.5) is 0 Å². The average Bonchev–Trinajstić information content (AvgIpc) is 2.15. The molecule has 0 aliphatic carbocycles. The second kappa shape index (κ2) is 7.13. The molecule has 2 aromatic carbocycles. The third kappa shape index (κ3) is 4.08. The van der Waals surface area contributed by atoms with Crippen LogP contribution in [-0.2, 0) is 10.1 Å². The van der Waals surface area contributed by atoms with E-state index in [-0.39, 0.29) is 49.3 Å². The van der Waals surface area contributed by atoms with Gasteiger partial charge in [0.15, 0.2) is 0 Å². The molecule has 3 nitrogen and oxygen atoms in total. The van der Waals surface area contributed by atoms with Crippen molar-refractivity contribution in [2.75, 3.05) is 0 Å². The summed E-state index contributed by atoms with van der Waals surface area (Å²) in [7, 11) is -4.13. The van der Waals surface area contributed by atoms with Gasteiger partial charge in [-0.05, 0) is 11.5 Å². The van der Waals surface area contributed by atoms with E-state index in [1.807, 2.05) is 6.07 Å². The molecule has 0 saturated heterocycles. The molecular formula is C12H15NaO3S. The molecule has 17 heavy (non-hydrogen) atoms. The molecular weight excluding hydrogens is 247 g/mol. The second-order valence-corrected chi connectivity index (χ2v) is 4.34. The van der Waals surface area contributed by atoms with E-state index in [0.717, 1.165) is 5.39 Å². The summed E-state index contributed by atoms with van der Waals surface area (Å²) >= 11 is 0. The van der Waals surface area contributed by atoms with E-state index in [1.165, 1.54) is 6.07 Å². The molecule has 0 spiro atoms. The predicted molar refractivity (Wildman–Crippen MR) is 66.9 cm³/mol. The van der Waals surface area contributed by atoms with Crippen molar-refractivity contribution in [2.24, 2.45) is 0 Å². The van der Waals surface area contributed by atoms with Crippen LogP contribution in [0.3, 0.4) is 0 Å². The maximum atomic E-state index is 11.0. The van der Waals surface area contributed by atoms with Crippen LogP contribution in [0.2, 0.25) is 0 Å². The fraction of sp³-hybridized carbons (Fsp3) is 0.0833. The van der Waals surface area contributed by atoms with Gasteiger partial charge in [0.05, 0.1) is 0 Å². The first-order valence-electron chi connectivity index (χ1n) is 4.04. The summed E-state index contributed by atoms with van der Waals surface area (Å²) in [5.41, 5.74) is 0. The fourth-order valence-electron chi connectivity index (χ4n) is 1.42. The van der Waals surface area contributed by atoms with Crippen LogP contribution in [0.25, 0.3) is 10.8 Å². The minimum absolute atomic E-state index is 0. The number of hydrogen-bond acceptors (Lipinski definition) is 2. The smallest absolute Gasteiger partial charge is 0.358 e. The van der Waals surface area contributed by atoms with Crippen molar-refractivity contribution in [1.82, 2.24) is 0 Å². The zero-order valence-corrected chi connectivity index (χ0v) is 12.0. The van der Waals surface area contributed by atoms with Gasteiger partial charge in [0.1, 0.15) is 4.90 Å². The van der Waals surface area contributed by atoms with Crippen LogP contribution in [-0.4, -0.2) is 13.0 Å². The third-order valence-corrected chi connectivity index (χ3v) is 2.94. The Morgan fingerprint density at radius 1 is 0.941 bits per heavy atom. The van der Waals surface area contributed by atoms with Gasteiger partial charge in [0.25, 0.3) is 10.1 Å². The van der Waals surface area contributed by atoms with Crippen molar-refractivity contribution >= 4 is 20.9 Å². The van der Waals surface area contributed by atoms with Crippen LogP contribution in [0.15, 0.2) is 47.4 Å². The molecule has 0 amide bonds. The average molecular weight is 262 g/mol. The molecule has 5 heteroatoms. The first-order chi connectivity index (χ1) is 6.59. The maximum absolute atomic E-state index is 11.0. The summed E-state index contributed by atoms with van der Waals surface area (Å²) in [5.74, 6) is 0. The van der Waals surface area contributed by atoms with Crippen LogP contribution < -0.4 is 29.6 Å². The molecule has 2 aromatic rings. The van der Waals surface area contributed by atoms with Gasteiger partial charge in [-0.3, -0.25) is 4.55 Å². The van der Waals surface area contributed by atoms with Crippen molar-refractivity contribution < 1.29 is 42.5 Å². The molecule has 0 aromatic heterocycles. The van der Waals surface area contributed by atoms with Gasteiger partial charge in [-0.25, -0.2) is 0 Å². The molecule has 1 N–H and O–H groups in total. The van der Waals surface area contributed by atoms with Crippen molar-refractivity contribution in [3.63, 3.8) is 0 Å². The van der Waals surface area contributed by atoms with Crippen molar-refractivity contribution in [3.05, 3.63) is 49.9 Å². The van der Waals surface area contributed by atoms with Gasteiger partial charge in [0.2, 0.25) is 0 Å². The minimum atomic E-state index is -4.13. The van der Waals surface area contributed by atoms with E-state index >= 15 is 0 Å². The van der Waals surface area contributed by atoms with E-state index in [1.54, 1.807) is 30.3 Å². The molecule has 0 unspecified atom stereocenters. The van der Waals surface area contributed by atoms with Crippen molar-refractivity contribution in [1.29, 1.82) is 0 Å². The Morgan fingerprint density at radius 2 is 1.47 bits per heavy atom. The molecule has 0 aliphatic heterocycles. The van der Waals surface area contributed by atoms with E-state index in [0.29, 0.717) is 5.39 Å². The predicted octanol–water partition coefficient (Wildman–Crippen LogP) is 0.177. The molecule has 0 radical (unpaired) electrons. The Balaban J connectivity index is 0. The number of fused-ring (bicyclic) bond motifs is 1. The van der Waals surface area contributed by atoms with Crippen LogP contribution in [0.5, 0.6) is 0 Å². The first kappa shape index (κ1) is 19.0. The summed E-state index contributed by atoms with van der Waals surface area (Å²) in [4.78, 5) is -0.0457. The Labute approximate surface area is 125 Å². The number of hydrogen-bond donors (Lipinski definition) is 1. The molecule has 0 bridgehead atoms. The molecule has 88 valence electrons. The van der Waals surface area contributed by atoms with Gasteiger partial charge in [-0.2, -0.15) is 8.42 Å². The van der Waals surface area contributed by atoms with E-state index < -0.39 is 10.1 Å². The summed E-state index contributed by atoms with van der Waals surface area (Å²) < 4.78 is 31.0. The second-order valence-electron chi connectivity index (χ2n) is 2.95. The Hall–Kier alpha value is -0.390. The van der Waals surface area contributed by atoms with E-state index in [9.17, 15) is 8.42 Å². The normalized spacial score (nSPS) is 9.71. The zero-order chi connectivity index (χ0) is 10.2. The maximum Gasteiger partial charge on any atom is 1.00 e. The molecule has 0 atom stereocenters. The van der Waals surface area contributed by atoms with E-state index in [4.69, 9.17) is 4.55 Å². The van der Waals surface area contributed by atoms with Crippen LogP contribution in [0, 0.1) is 7.43 Å².